The molecule has 8 aromatic rings. The number of rotatable bonds is 3. The van der Waals surface area contributed by atoms with E-state index in [4.69, 9.17) is 0 Å². The van der Waals surface area contributed by atoms with E-state index in [-0.39, 0.29) is 0 Å². The minimum absolute atomic E-state index is 0.895. The summed E-state index contributed by atoms with van der Waals surface area (Å²) < 4.78 is 0. The Hall–Kier alpha value is -5.50. The second kappa shape index (κ2) is 9.50. The molecule has 0 radical (unpaired) electrons. The van der Waals surface area contributed by atoms with Gasteiger partial charge >= 0.3 is 0 Å². The van der Waals surface area contributed by atoms with Crippen LogP contribution < -0.4 is 0 Å². The summed E-state index contributed by atoms with van der Waals surface area (Å²) in [5.41, 5.74) is 8.25. The van der Waals surface area contributed by atoms with Gasteiger partial charge in [-0.1, -0.05) is 158 Å². The molecule has 1 heteroatoms. The average molecular weight is 561 g/mol. The van der Waals surface area contributed by atoms with Crippen LogP contribution in [0.15, 0.2) is 164 Å². The van der Waals surface area contributed by atoms with Crippen molar-refractivity contribution in [3.05, 3.63) is 180 Å². The summed E-state index contributed by atoms with van der Waals surface area (Å²) in [7, 11) is 0. The molecule has 0 fully saturated rings. The predicted molar refractivity (Wildman–Crippen MR) is 184 cm³/mol. The van der Waals surface area contributed by atoms with Crippen LogP contribution >= 0.6 is 0 Å². The van der Waals surface area contributed by atoms with Gasteiger partial charge in [-0.15, -0.1) is 0 Å². The Balaban J connectivity index is 1.39. The molecule has 0 bridgehead atoms. The number of aliphatic hydroxyl groups is 1. The molecule has 9 rings (SSSR count). The molecule has 0 saturated heterocycles. The maximum atomic E-state index is 13.0. The molecule has 44 heavy (non-hydrogen) atoms. The molecule has 206 valence electrons. The lowest BCUT2D eigenvalue weighted by atomic mass is 9.78. The topological polar surface area (TPSA) is 20.2 Å². The normalized spacial score (nSPS) is 13.3. The first-order chi connectivity index (χ1) is 21.7. The smallest absolute Gasteiger partial charge is 0.142 e. The fourth-order valence-electron chi connectivity index (χ4n) is 7.59. The van der Waals surface area contributed by atoms with Gasteiger partial charge in [0.05, 0.1) is 0 Å². The Morgan fingerprint density at radius 2 is 0.750 bits per heavy atom. The van der Waals surface area contributed by atoms with E-state index < -0.39 is 5.60 Å². The molecule has 1 nitrogen and oxygen atoms in total. The van der Waals surface area contributed by atoms with Crippen molar-refractivity contribution < 1.29 is 5.11 Å². The summed E-state index contributed by atoms with van der Waals surface area (Å²) in [4.78, 5) is 0. The molecule has 0 spiro atoms. The minimum Gasteiger partial charge on any atom is -0.376 e. The molecule has 0 atom stereocenters. The van der Waals surface area contributed by atoms with Crippen LogP contribution in [-0.2, 0) is 5.60 Å². The van der Waals surface area contributed by atoms with Crippen molar-refractivity contribution in [3.8, 4) is 33.4 Å². The number of hydrogen-bond acceptors (Lipinski definition) is 1. The van der Waals surface area contributed by atoms with Gasteiger partial charge in [-0.25, -0.2) is 0 Å². The van der Waals surface area contributed by atoms with Crippen LogP contribution in [0.1, 0.15) is 16.7 Å². The first-order valence-electron chi connectivity index (χ1n) is 15.2. The van der Waals surface area contributed by atoms with Crippen LogP contribution in [0.25, 0.3) is 65.7 Å². The second-order valence-corrected chi connectivity index (χ2v) is 11.8. The predicted octanol–water partition coefficient (Wildman–Crippen LogP) is 10.7. The second-order valence-electron chi connectivity index (χ2n) is 11.8. The van der Waals surface area contributed by atoms with Crippen LogP contribution in [0, 0.1) is 0 Å². The molecular formula is C43H28O. The maximum absolute atomic E-state index is 13.0. The van der Waals surface area contributed by atoms with Crippen molar-refractivity contribution in [2.24, 2.45) is 0 Å². The summed E-state index contributed by atoms with van der Waals surface area (Å²) in [6, 6.07) is 57.8. The highest BCUT2D eigenvalue weighted by Gasteiger charge is 2.44. The zero-order chi connectivity index (χ0) is 29.3. The number of hydrogen-bond donors (Lipinski definition) is 1. The zero-order valence-electron chi connectivity index (χ0n) is 24.0. The lowest BCUT2D eigenvalue weighted by Gasteiger charge is -2.30. The van der Waals surface area contributed by atoms with Gasteiger partial charge in [0, 0.05) is 16.7 Å². The lowest BCUT2D eigenvalue weighted by Crippen LogP contribution is -2.27. The zero-order valence-corrected chi connectivity index (χ0v) is 24.0. The van der Waals surface area contributed by atoms with E-state index >= 15 is 0 Å². The fourth-order valence-corrected chi connectivity index (χ4v) is 7.59. The highest BCUT2D eigenvalue weighted by molar-refractivity contribution is 6.22. The average Bonchev–Trinajstić information content (AvgIpc) is 3.36. The van der Waals surface area contributed by atoms with Crippen molar-refractivity contribution in [3.63, 3.8) is 0 Å². The SMILES string of the molecule is OC1(c2ccccc2-c2c3ccccc3c(-c3ccc4ccccc4c3)c3ccccc23)c2ccccc2-c2ccccc21. The van der Waals surface area contributed by atoms with Crippen molar-refractivity contribution in [2.45, 2.75) is 5.60 Å². The molecule has 1 aliphatic rings. The molecule has 0 amide bonds. The highest BCUT2D eigenvalue weighted by atomic mass is 16.3. The van der Waals surface area contributed by atoms with Gasteiger partial charge < -0.3 is 5.11 Å². The monoisotopic (exact) mass is 560 g/mol. The first-order valence-corrected chi connectivity index (χ1v) is 15.2. The summed E-state index contributed by atoms with van der Waals surface area (Å²) in [6.45, 7) is 0. The van der Waals surface area contributed by atoms with E-state index in [1.54, 1.807) is 0 Å². The van der Waals surface area contributed by atoms with Crippen LogP contribution in [0.3, 0.4) is 0 Å². The van der Waals surface area contributed by atoms with Crippen LogP contribution in [-0.4, -0.2) is 5.11 Å². The van der Waals surface area contributed by atoms with Crippen molar-refractivity contribution in [1.29, 1.82) is 0 Å². The van der Waals surface area contributed by atoms with E-state index in [1.165, 1.54) is 43.4 Å². The molecule has 1 N–H and O–H groups in total. The van der Waals surface area contributed by atoms with E-state index in [1.807, 2.05) is 18.2 Å². The Bertz CT molecular complexity index is 2310. The molecule has 0 unspecified atom stereocenters. The molecular weight excluding hydrogens is 532 g/mol. The Morgan fingerprint density at radius 3 is 1.32 bits per heavy atom. The van der Waals surface area contributed by atoms with E-state index in [0.29, 0.717) is 0 Å². The minimum atomic E-state index is -1.29. The van der Waals surface area contributed by atoms with E-state index in [0.717, 1.165) is 38.9 Å². The van der Waals surface area contributed by atoms with E-state index in [2.05, 4.69) is 146 Å². The molecule has 0 aromatic heterocycles. The molecule has 0 heterocycles. The third kappa shape index (κ3) is 3.45. The lowest BCUT2D eigenvalue weighted by molar-refractivity contribution is 0.131. The quantitative estimate of drug-likeness (QED) is 0.213. The Kier molecular flexibility index (Phi) is 5.41. The van der Waals surface area contributed by atoms with Gasteiger partial charge in [-0.3, -0.25) is 0 Å². The summed E-state index contributed by atoms with van der Waals surface area (Å²) in [6.07, 6.45) is 0. The molecule has 0 saturated carbocycles. The van der Waals surface area contributed by atoms with Gasteiger partial charge in [0.15, 0.2) is 0 Å². The summed E-state index contributed by atoms with van der Waals surface area (Å²) in [5, 5.41) is 20.2. The summed E-state index contributed by atoms with van der Waals surface area (Å²) in [5.74, 6) is 0. The Morgan fingerprint density at radius 1 is 0.341 bits per heavy atom. The third-order valence-corrected chi connectivity index (χ3v) is 9.48. The highest BCUT2D eigenvalue weighted by Crippen LogP contribution is 2.54. The van der Waals surface area contributed by atoms with Gasteiger partial charge in [-0.2, -0.15) is 0 Å². The van der Waals surface area contributed by atoms with Crippen molar-refractivity contribution >= 4 is 32.3 Å². The molecule has 8 aromatic carbocycles. The van der Waals surface area contributed by atoms with Crippen LogP contribution in [0.2, 0.25) is 0 Å². The first kappa shape index (κ1) is 25.0. The maximum Gasteiger partial charge on any atom is 0.142 e. The fraction of sp³-hybridized carbons (Fsp3) is 0.0233. The van der Waals surface area contributed by atoms with Gasteiger partial charge in [0.25, 0.3) is 0 Å². The standard InChI is InChI=1S/C43H28O/c44-43(38-22-10-7-15-31(38)32-16-8-11-23-39(32)43)40-24-12-9-21-37(40)42-35-19-5-3-17-33(35)41(34-18-4-6-20-36(34)42)30-26-25-28-13-1-2-14-29(28)27-30/h1-27,44H. The molecule has 1 aliphatic carbocycles. The van der Waals surface area contributed by atoms with Gasteiger partial charge in [0.1, 0.15) is 5.60 Å². The van der Waals surface area contributed by atoms with Gasteiger partial charge in [-0.05, 0) is 71.8 Å². The largest absolute Gasteiger partial charge is 0.376 e. The number of benzene rings is 8. The van der Waals surface area contributed by atoms with Crippen LogP contribution in [0.4, 0.5) is 0 Å². The van der Waals surface area contributed by atoms with Crippen molar-refractivity contribution in [1.82, 2.24) is 0 Å². The summed E-state index contributed by atoms with van der Waals surface area (Å²) >= 11 is 0. The van der Waals surface area contributed by atoms with Gasteiger partial charge in [0.2, 0.25) is 0 Å². The van der Waals surface area contributed by atoms with Crippen molar-refractivity contribution in [2.75, 3.05) is 0 Å². The number of fused-ring (bicyclic) bond motifs is 6. The van der Waals surface area contributed by atoms with Crippen LogP contribution in [0.5, 0.6) is 0 Å². The Labute approximate surface area is 256 Å². The van der Waals surface area contributed by atoms with E-state index in [9.17, 15) is 5.11 Å². The third-order valence-electron chi connectivity index (χ3n) is 9.48. The molecule has 0 aliphatic heterocycles.